The highest BCUT2D eigenvalue weighted by atomic mass is 32.1. The number of benzene rings is 1. The van der Waals surface area contributed by atoms with E-state index in [0.29, 0.717) is 19.2 Å². The first-order chi connectivity index (χ1) is 9.74. The SMILES string of the molecule is CC(Cc1ccsc1)NCC(O)COc1ccccc1. The fourth-order valence-electron chi connectivity index (χ4n) is 1.94. The van der Waals surface area contributed by atoms with Gasteiger partial charge in [-0.05, 0) is 47.9 Å². The Morgan fingerprint density at radius 1 is 1.25 bits per heavy atom. The van der Waals surface area contributed by atoms with Crippen molar-refractivity contribution in [2.75, 3.05) is 13.2 Å². The topological polar surface area (TPSA) is 41.5 Å². The lowest BCUT2D eigenvalue weighted by Crippen LogP contribution is -2.37. The molecule has 1 aromatic heterocycles. The van der Waals surface area contributed by atoms with Crippen LogP contribution in [0.1, 0.15) is 12.5 Å². The van der Waals surface area contributed by atoms with Gasteiger partial charge < -0.3 is 15.2 Å². The second kappa shape index (κ2) is 8.04. The van der Waals surface area contributed by atoms with E-state index in [4.69, 9.17) is 4.74 Å². The van der Waals surface area contributed by atoms with E-state index in [1.807, 2.05) is 30.3 Å². The summed E-state index contributed by atoms with van der Waals surface area (Å²) in [4.78, 5) is 0. The Bertz CT molecular complexity index is 472. The maximum absolute atomic E-state index is 9.90. The molecule has 0 aliphatic rings. The first-order valence-corrected chi connectivity index (χ1v) is 7.78. The maximum Gasteiger partial charge on any atom is 0.119 e. The van der Waals surface area contributed by atoms with Crippen molar-refractivity contribution in [2.24, 2.45) is 0 Å². The van der Waals surface area contributed by atoms with E-state index < -0.39 is 6.10 Å². The Morgan fingerprint density at radius 3 is 2.75 bits per heavy atom. The molecule has 20 heavy (non-hydrogen) atoms. The van der Waals surface area contributed by atoms with Crippen LogP contribution >= 0.6 is 11.3 Å². The summed E-state index contributed by atoms with van der Waals surface area (Å²) in [5, 5.41) is 17.5. The van der Waals surface area contributed by atoms with Crippen molar-refractivity contribution < 1.29 is 9.84 Å². The van der Waals surface area contributed by atoms with Crippen LogP contribution in [0.4, 0.5) is 0 Å². The number of rotatable bonds is 8. The van der Waals surface area contributed by atoms with Crippen LogP contribution in [0.2, 0.25) is 0 Å². The van der Waals surface area contributed by atoms with Gasteiger partial charge in [-0.25, -0.2) is 0 Å². The molecular formula is C16H21NO2S. The number of aliphatic hydroxyl groups is 1. The highest BCUT2D eigenvalue weighted by molar-refractivity contribution is 7.07. The summed E-state index contributed by atoms with van der Waals surface area (Å²) >= 11 is 1.71. The van der Waals surface area contributed by atoms with Crippen molar-refractivity contribution in [3.8, 4) is 5.75 Å². The number of thiophene rings is 1. The molecule has 2 unspecified atom stereocenters. The predicted octanol–water partition coefficient (Wildman–Crippen LogP) is 2.71. The predicted molar refractivity (Wildman–Crippen MR) is 83.4 cm³/mol. The molecule has 4 heteroatoms. The fourth-order valence-corrected chi connectivity index (χ4v) is 2.62. The van der Waals surface area contributed by atoms with Gasteiger partial charge in [0.2, 0.25) is 0 Å². The van der Waals surface area contributed by atoms with Crippen LogP contribution < -0.4 is 10.1 Å². The average Bonchev–Trinajstić information content (AvgIpc) is 2.97. The van der Waals surface area contributed by atoms with Gasteiger partial charge in [0.15, 0.2) is 0 Å². The highest BCUT2D eigenvalue weighted by Crippen LogP contribution is 2.09. The van der Waals surface area contributed by atoms with E-state index in [1.54, 1.807) is 11.3 Å². The van der Waals surface area contributed by atoms with E-state index in [0.717, 1.165) is 12.2 Å². The molecule has 2 rings (SSSR count). The molecule has 0 radical (unpaired) electrons. The van der Waals surface area contributed by atoms with Crippen LogP contribution in [0, 0.1) is 0 Å². The van der Waals surface area contributed by atoms with E-state index in [1.165, 1.54) is 5.56 Å². The Balaban J connectivity index is 1.63. The second-order valence-electron chi connectivity index (χ2n) is 4.92. The number of ether oxygens (including phenoxy) is 1. The standard InChI is InChI=1S/C16H21NO2S/c1-13(9-14-7-8-20-12-14)17-10-15(18)11-19-16-5-3-2-4-6-16/h2-8,12-13,15,17-18H,9-11H2,1H3. The van der Waals surface area contributed by atoms with Crippen LogP contribution in [-0.2, 0) is 6.42 Å². The van der Waals surface area contributed by atoms with Gasteiger partial charge >= 0.3 is 0 Å². The molecule has 0 bridgehead atoms. The number of para-hydroxylation sites is 1. The first-order valence-electron chi connectivity index (χ1n) is 6.84. The van der Waals surface area contributed by atoms with Crippen LogP contribution in [0.25, 0.3) is 0 Å². The monoisotopic (exact) mass is 291 g/mol. The second-order valence-corrected chi connectivity index (χ2v) is 5.70. The van der Waals surface area contributed by atoms with Crippen molar-refractivity contribution in [1.82, 2.24) is 5.32 Å². The van der Waals surface area contributed by atoms with E-state index in [9.17, 15) is 5.11 Å². The Hall–Kier alpha value is -1.36. The first kappa shape index (κ1) is 15.0. The van der Waals surface area contributed by atoms with Gasteiger partial charge in [-0.1, -0.05) is 18.2 Å². The van der Waals surface area contributed by atoms with Gasteiger partial charge in [-0.3, -0.25) is 0 Å². The van der Waals surface area contributed by atoms with Crippen LogP contribution in [0.3, 0.4) is 0 Å². The van der Waals surface area contributed by atoms with Gasteiger partial charge in [-0.15, -0.1) is 0 Å². The largest absolute Gasteiger partial charge is 0.491 e. The molecular weight excluding hydrogens is 270 g/mol. The Kier molecular flexibility index (Phi) is 6.05. The third-order valence-corrected chi connectivity index (χ3v) is 3.74. The molecule has 2 atom stereocenters. The van der Waals surface area contributed by atoms with Gasteiger partial charge in [0.1, 0.15) is 18.5 Å². The van der Waals surface area contributed by atoms with Gasteiger partial charge in [-0.2, -0.15) is 11.3 Å². The van der Waals surface area contributed by atoms with Crippen molar-refractivity contribution in [3.63, 3.8) is 0 Å². The number of aliphatic hydroxyl groups excluding tert-OH is 1. The van der Waals surface area contributed by atoms with Gasteiger partial charge in [0, 0.05) is 12.6 Å². The smallest absolute Gasteiger partial charge is 0.119 e. The zero-order chi connectivity index (χ0) is 14.2. The molecule has 0 amide bonds. The molecule has 0 aliphatic heterocycles. The Morgan fingerprint density at radius 2 is 2.05 bits per heavy atom. The lowest BCUT2D eigenvalue weighted by Gasteiger charge is -2.17. The van der Waals surface area contributed by atoms with E-state index in [2.05, 4.69) is 29.1 Å². The summed E-state index contributed by atoms with van der Waals surface area (Å²) in [6, 6.07) is 12.0. The summed E-state index contributed by atoms with van der Waals surface area (Å²) < 4.78 is 5.52. The third kappa shape index (κ3) is 5.33. The van der Waals surface area contributed by atoms with Gasteiger partial charge in [0.05, 0.1) is 0 Å². The van der Waals surface area contributed by atoms with Crippen molar-refractivity contribution in [2.45, 2.75) is 25.5 Å². The fraction of sp³-hybridized carbons (Fsp3) is 0.375. The minimum Gasteiger partial charge on any atom is -0.491 e. The summed E-state index contributed by atoms with van der Waals surface area (Å²) in [7, 11) is 0. The average molecular weight is 291 g/mol. The van der Waals surface area contributed by atoms with Gasteiger partial charge in [0.25, 0.3) is 0 Å². The highest BCUT2D eigenvalue weighted by Gasteiger charge is 2.08. The lowest BCUT2D eigenvalue weighted by molar-refractivity contribution is 0.104. The minimum absolute atomic E-state index is 0.308. The summed E-state index contributed by atoms with van der Waals surface area (Å²) in [5.41, 5.74) is 1.34. The number of nitrogens with one attached hydrogen (secondary N) is 1. The molecule has 0 saturated heterocycles. The van der Waals surface area contributed by atoms with Crippen LogP contribution in [-0.4, -0.2) is 30.4 Å². The van der Waals surface area contributed by atoms with Crippen molar-refractivity contribution in [3.05, 3.63) is 52.7 Å². The molecule has 2 aromatic rings. The molecule has 0 aliphatic carbocycles. The molecule has 3 nitrogen and oxygen atoms in total. The molecule has 2 N–H and O–H groups in total. The quantitative estimate of drug-likeness (QED) is 0.786. The number of hydrogen-bond acceptors (Lipinski definition) is 4. The van der Waals surface area contributed by atoms with E-state index in [-0.39, 0.29) is 0 Å². The molecule has 1 aromatic carbocycles. The zero-order valence-corrected chi connectivity index (χ0v) is 12.5. The van der Waals surface area contributed by atoms with Crippen molar-refractivity contribution in [1.29, 1.82) is 0 Å². The normalized spacial score (nSPS) is 13.9. The molecule has 0 saturated carbocycles. The number of hydrogen-bond donors (Lipinski definition) is 2. The molecule has 108 valence electrons. The summed E-state index contributed by atoms with van der Waals surface area (Å²) in [6.45, 7) is 2.97. The summed E-state index contributed by atoms with van der Waals surface area (Å²) in [6.07, 6.45) is 0.482. The third-order valence-electron chi connectivity index (χ3n) is 3.01. The Labute approximate surface area is 124 Å². The van der Waals surface area contributed by atoms with E-state index >= 15 is 0 Å². The lowest BCUT2D eigenvalue weighted by atomic mass is 10.1. The molecule has 0 spiro atoms. The minimum atomic E-state index is -0.500. The zero-order valence-electron chi connectivity index (χ0n) is 11.7. The maximum atomic E-state index is 9.90. The molecule has 1 heterocycles. The van der Waals surface area contributed by atoms with Crippen molar-refractivity contribution >= 4 is 11.3 Å². The van der Waals surface area contributed by atoms with Crippen LogP contribution in [0.15, 0.2) is 47.2 Å². The molecule has 0 fully saturated rings. The van der Waals surface area contributed by atoms with Crippen LogP contribution in [0.5, 0.6) is 5.75 Å². The summed E-state index contributed by atoms with van der Waals surface area (Å²) in [5.74, 6) is 0.790.